The summed E-state index contributed by atoms with van der Waals surface area (Å²) in [5.41, 5.74) is 2.35. The van der Waals surface area contributed by atoms with Crippen LogP contribution in [0.3, 0.4) is 0 Å². The molecule has 5 heteroatoms. The largest absolute Gasteiger partial charge is 0.487 e. The molecule has 100 valence electrons. The third-order valence-electron chi connectivity index (χ3n) is 2.59. The van der Waals surface area contributed by atoms with Gasteiger partial charge in [-0.3, -0.25) is 4.98 Å². The predicted molar refractivity (Wildman–Crippen MR) is 77.3 cm³/mol. The molecule has 0 bridgehead atoms. The number of pyridine rings is 1. The Balaban J connectivity index is 2.16. The highest BCUT2D eigenvalue weighted by Gasteiger charge is 2.07. The number of benzene rings is 1. The summed E-state index contributed by atoms with van der Waals surface area (Å²) in [5, 5.41) is 1.09. The second-order valence-corrected chi connectivity index (χ2v) is 5.02. The first-order valence-electron chi connectivity index (χ1n) is 5.69. The molecule has 0 saturated heterocycles. The van der Waals surface area contributed by atoms with Crippen molar-refractivity contribution in [3.63, 3.8) is 0 Å². The van der Waals surface area contributed by atoms with Gasteiger partial charge in [0.2, 0.25) is 0 Å². The Morgan fingerprint density at radius 2 is 2.11 bits per heavy atom. The fourth-order valence-electron chi connectivity index (χ4n) is 1.63. The second-order valence-electron chi connectivity index (χ2n) is 4.06. The van der Waals surface area contributed by atoms with Gasteiger partial charge >= 0.3 is 0 Å². The zero-order valence-electron chi connectivity index (χ0n) is 10.3. The van der Waals surface area contributed by atoms with E-state index in [2.05, 4.69) is 20.9 Å². The van der Waals surface area contributed by atoms with E-state index in [0.29, 0.717) is 21.7 Å². The molecule has 0 spiro atoms. The van der Waals surface area contributed by atoms with E-state index in [9.17, 15) is 4.39 Å². The number of aromatic nitrogens is 1. The molecule has 0 unspecified atom stereocenters. The lowest BCUT2D eigenvalue weighted by molar-refractivity contribution is 0.301. The first-order valence-corrected chi connectivity index (χ1v) is 7.19. The summed E-state index contributed by atoms with van der Waals surface area (Å²) in [6.45, 7) is 2.13. The van der Waals surface area contributed by atoms with Crippen molar-refractivity contribution in [2.24, 2.45) is 0 Å². The predicted octanol–water partition coefficient (Wildman–Crippen LogP) is 4.66. The number of aryl methyl sites for hydroxylation is 1. The van der Waals surface area contributed by atoms with Crippen LogP contribution in [0.1, 0.15) is 17.0 Å². The van der Waals surface area contributed by atoms with Crippen molar-refractivity contribution in [3.8, 4) is 5.75 Å². The lowest BCUT2D eigenvalue weighted by Gasteiger charge is -2.11. The number of nitrogens with zero attached hydrogens (tertiary/aromatic N) is 1. The molecule has 0 aliphatic carbocycles. The fourth-order valence-corrected chi connectivity index (χ4v) is 2.21. The Hall–Kier alpha value is -1.13. The zero-order chi connectivity index (χ0) is 13.8. The highest BCUT2D eigenvalue weighted by atomic mass is 79.9. The molecule has 0 radical (unpaired) electrons. The minimum atomic E-state index is -0.328. The van der Waals surface area contributed by atoms with Gasteiger partial charge in [-0.1, -0.05) is 27.5 Å². The van der Waals surface area contributed by atoms with Crippen LogP contribution in [0.15, 0.2) is 30.3 Å². The van der Waals surface area contributed by atoms with E-state index in [-0.39, 0.29) is 12.4 Å². The zero-order valence-corrected chi connectivity index (χ0v) is 12.6. The highest BCUT2D eigenvalue weighted by molar-refractivity contribution is 9.08. The van der Waals surface area contributed by atoms with Gasteiger partial charge in [0.05, 0.1) is 5.69 Å². The smallest absolute Gasteiger partial charge is 0.142 e. The summed E-state index contributed by atoms with van der Waals surface area (Å²) >= 11 is 9.36. The maximum absolute atomic E-state index is 13.1. The minimum absolute atomic E-state index is 0.210. The third-order valence-corrected chi connectivity index (χ3v) is 3.49. The van der Waals surface area contributed by atoms with Crippen molar-refractivity contribution in [1.29, 1.82) is 0 Å². The Kier molecular flexibility index (Phi) is 4.77. The molecule has 0 N–H and O–H groups in total. The van der Waals surface area contributed by atoms with Crippen LogP contribution in [0.4, 0.5) is 4.39 Å². The molecule has 2 aromatic rings. The van der Waals surface area contributed by atoms with Crippen LogP contribution < -0.4 is 4.74 Å². The Morgan fingerprint density at radius 3 is 2.84 bits per heavy atom. The van der Waals surface area contributed by atoms with Crippen LogP contribution in [0.5, 0.6) is 5.75 Å². The third kappa shape index (κ3) is 3.67. The van der Waals surface area contributed by atoms with Crippen LogP contribution in [0.2, 0.25) is 5.02 Å². The van der Waals surface area contributed by atoms with Gasteiger partial charge in [-0.05, 0) is 37.3 Å². The summed E-state index contributed by atoms with van der Waals surface area (Å²) in [4.78, 5) is 4.36. The lowest BCUT2D eigenvalue weighted by atomic mass is 10.2. The molecule has 2 rings (SSSR count). The number of halogens is 3. The highest BCUT2D eigenvalue weighted by Crippen LogP contribution is 2.23. The molecular formula is C14H12BrClFNO. The van der Waals surface area contributed by atoms with E-state index in [1.54, 1.807) is 0 Å². The average molecular weight is 345 g/mol. The van der Waals surface area contributed by atoms with Crippen molar-refractivity contribution in [1.82, 2.24) is 4.98 Å². The van der Waals surface area contributed by atoms with E-state index >= 15 is 0 Å². The van der Waals surface area contributed by atoms with Gasteiger partial charge in [0, 0.05) is 21.6 Å². The quantitative estimate of drug-likeness (QED) is 0.753. The number of rotatable bonds is 4. The molecule has 0 saturated carbocycles. The van der Waals surface area contributed by atoms with Crippen molar-refractivity contribution in [2.75, 3.05) is 0 Å². The van der Waals surface area contributed by atoms with Crippen LogP contribution >= 0.6 is 27.5 Å². The van der Waals surface area contributed by atoms with Gasteiger partial charge in [0.25, 0.3) is 0 Å². The molecule has 1 heterocycles. The Morgan fingerprint density at radius 1 is 1.32 bits per heavy atom. The van der Waals surface area contributed by atoms with Crippen LogP contribution in [-0.2, 0) is 11.9 Å². The van der Waals surface area contributed by atoms with E-state index in [0.717, 1.165) is 11.4 Å². The van der Waals surface area contributed by atoms with Gasteiger partial charge < -0.3 is 4.74 Å². The maximum Gasteiger partial charge on any atom is 0.142 e. The summed E-state index contributed by atoms with van der Waals surface area (Å²) in [7, 11) is 0. The molecule has 0 fully saturated rings. The lowest BCUT2D eigenvalue weighted by Crippen LogP contribution is -2.01. The number of alkyl halides is 1. The van der Waals surface area contributed by atoms with Crippen LogP contribution in [0.25, 0.3) is 0 Å². The summed E-state index contributed by atoms with van der Waals surface area (Å²) in [6, 6.07) is 7.94. The fraction of sp³-hybridized carbons (Fsp3) is 0.214. The summed E-state index contributed by atoms with van der Waals surface area (Å²) < 4.78 is 18.8. The average Bonchev–Trinajstić information content (AvgIpc) is 2.40. The molecular weight excluding hydrogens is 333 g/mol. The monoisotopic (exact) mass is 343 g/mol. The van der Waals surface area contributed by atoms with Gasteiger partial charge in [0.15, 0.2) is 0 Å². The van der Waals surface area contributed by atoms with Crippen LogP contribution in [0, 0.1) is 12.7 Å². The standard InChI is InChI=1S/C14H12BrClFNO/c1-9-2-5-14(13(7-15)18-9)19-8-10-6-11(17)3-4-12(10)16/h2-6H,7-8H2,1H3. The van der Waals surface area contributed by atoms with Gasteiger partial charge in [-0.25, -0.2) is 4.39 Å². The topological polar surface area (TPSA) is 22.1 Å². The van der Waals surface area contributed by atoms with E-state index in [1.165, 1.54) is 18.2 Å². The van der Waals surface area contributed by atoms with Gasteiger partial charge in [-0.2, -0.15) is 0 Å². The second kappa shape index (κ2) is 6.35. The number of hydrogen-bond acceptors (Lipinski definition) is 2. The first kappa shape index (κ1) is 14.3. The summed E-state index contributed by atoms with van der Waals surface area (Å²) in [5.74, 6) is 0.341. The minimum Gasteiger partial charge on any atom is -0.487 e. The summed E-state index contributed by atoms with van der Waals surface area (Å²) in [6.07, 6.45) is 0. The normalized spacial score (nSPS) is 10.5. The van der Waals surface area contributed by atoms with Gasteiger partial charge in [-0.15, -0.1) is 0 Å². The van der Waals surface area contributed by atoms with Crippen molar-refractivity contribution in [2.45, 2.75) is 18.9 Å². The van der Waals surface area contributed by atoms with Crippen LogP contribution in [-0.4, -0.2) is 4.98 Å². The molecule has 0 amide bonds. The van der Waals surface area contributed by atoms with Crippen molar-refractivity contribution >= 4 is 27.5 Å². The molecule has 2 nitrogen and oxygen atoms in total. The molecule has 1 aromatic heterocycles. The molecule has 0 aliphatic heterocycles. The number of hydrogen-bond donors (Lipinski definition) is 0. The van der Waals surface area contributed by atoms with Gasteiger partial charge in [0.1, 0.15) is 18.2 Å². The maximum atomic E-state index is 13.1. The van der Waals surface area contributed by atoms with E-state index in [4.69, 9.17) is 16.3 Å². The first-order chi connectivity index (χ1) is 9.10. The Bertz CT molecular complexity index is 592. The Labute approximate surface area is 124 Å². The SMILES string of the molecule is Cc1ccc(OCc2cc(F)ccc2Cl)c(CBr)n1. The van der Waals surface area contributed by atoms with Crippen molar-refractivity contribution in [3.05, 3.63) is 58.1 Å². The van der Waals surface area contributed by atoms with E-state index < -0.39 is 0 Å². The molecule has 0 aliphatic rings. The van der Waals surface area contributed by atoms with Crippen molar-refractivity contribution < 1.29 is 9.13 Å². The molecule has 0 atom stereocenters. The molecule has 1 aromatic carbocycles. The van der Waals surface area contributed by atoms with E-state index in [1.807, 2.05) is 19.1 Å². The molecule has 19 heavy (non-hydrogen) atoms. The number of ether oxygens (including phenoxy) is 1.